The topological polar surface area (TPSA) is 79.0 Å². The maximum atomic E-state index is 13.0. The summed E-state index contributed by atoms with van der Waals surface area (Å²) in [4.78, 5) is 41.0. The molecule has 182 valence electrons. The zero-order valence-electron chi connectivity index (χ0n) is 19.8. The number of carbonyl (C=O) groups excluding carboxylic acids is 3. The van der Waals surface area contributed by atoms with Gasteiger partial charge in [0.15, 0.2) is 0 Å². The molecule has 1 saturated carbocycles. The average molecular weight is 474 g/mol. The third kappa shape index (κ3) is 4.22. The molecule has 2 saturated heterocycles. The van der Waals surface area contributed by atoms with Crippen LogP contribution in [0.1, 0.15) is 65.9 Å². The fourth-order valence-electron chi connectivity index (χ4n) is 6.35. The van der Waals surface area contributed by atoms with Gasteiger partial charge in [-0.15, -0.1) is 0 Å². The predicted octanol–water partition coefficient (Wildman–Crippen LogP) is 3.24. The van der Waals surface area contributed by atoms with Crippen LogP contribution in [-0.2, 0) is 16.1 Å². The lowest BCUT2D eigenvalue weighted by atomic mass is 9.99. The number of nitrogens with one attached hydrogen (secondary N) is 1. The van der Waals surface area contributed by atoms with Crippen molar-refractivity contribution in [3.05, 3.63) is 65.2 Å². The van der Waals surface area contributed by atoms with E-state index in [4.69, 9.17) is 4.74 Å². The Balaban J connectivity index is 1.12. The summed E-state index contributed by atoms with van der Waals surface area (Å²) in [7, 11) is 0. The van der Waals surface area contributed by atoms with E-state index in [0.29, 0.717) is 30.5 Å². The predicted molar refractivity (Wildman–Crippen MR) is 130 cm³/mol. The van der Waals surface area contributed by atoms with Crippen molar-refractivity contribution >= 4 is 17.7 Å². The van der Waals surface area contributed by atoms with Crippen molar-refractivity contribution in [1.82, 2.24) is 15.1 Å². The number of nitrogens with zero attached hydrogens (tertiary/aromatic N) is 2. The molecular weight excluding hydrogens is 442 g/mol. The van der Waals surface area contributed by atoms with E-state index >= 15 is 0 Å². The number of hydrogen-bond donors (Lipinski definition) is 1. The van der Waals surface area contributed by atoms with Gasteiger partial charge in [0.2, 0.25) is 11.8 Å². The normalized spacial score (nSPS) is 28.9. The molecule has 2 aromatic rings. The minimum atomic E-state index is -0.594. The van der Waals surface area contributed by atoms with Gasteiger partial charge in [0.05, 0.1) is 0 Å². The largest absolute Gasteiger partial charge is 0.489 e. The zero-order chi connectivity index (χ0) is 23.9. The highest BCUT2D eigenvalue weighted by Crippen LogP contribution is 2.36. The van der Waals surface area contributed by atoms with Crippen molar-refractivity contribution in [3.63, 3.8) is 0 Å². The van der Waals surface area contributed by atoms with Crippen LogP contribution in [0.2, 0.25) is 0 Å². The Morgan fingerprint density at radius 1 is 0.943 bits per heavy atom. The number of imide groups is 1. The summed E-state index contributed by atoms with van der Waals surface area (Å²) in [5, 5.41) is 2.36. The molecule has 4 atom stereocenters. The Kier molecular flexibility index (Phi) is 5.80. The third-order valence-corrected chi connectivity index (χ3v) is 8.16. The molecule has 1 N–H and O–H groups in total. The van der Waals surface area contributed by atoms with Crippen LogP contribution in [0.25, 0.3) is 0 Å². The van der Waals surface area contributed by atoms with Crippen LogP contribution in [0.3, 0.4) is 0 Å². The number of amides is 3. The highest BCUT2D eigenvalue weighted by atomic mass is 16.5. The summed E-state index contributed by atoms with van der Waals surface area (Å²) in [6, 6.07) is 16.3. The minimum Gasteiger partial charge on any atom is -0.489 e. The van der Waals surface area contributed by atoms with E-state index < -0.39 is 6.04 Å². The molecule has 3 heterocycles. The van der Waals surface area contributed by atoms with E-state index in [1.165, 1.54) is 12.0 Å². The Hall–Kier alpha value is -3.19. The van der Waals surface area contributed by atoms with Gasteiger partial charge in [0.25, 0.3) is 5.91 Å². The Morgan fingerprint density at radius 3 is 2.63 bits per heavy atom. The van der Waals surface area contributed by atoms with Gasteiger partial charge >= 0.3 is 0 Å². The lowest BCUT2D eigenvalue weighted by molar-refractivity contribution is -0.136. The summed E-state index contributed by atoms with van der Waals surface area (Å²) < 4.78 is 6.52. The quantitative estimate of drug-likeness (QED) is 0.675. The van der Waals surface area contributed by atoms with Crippen molar-refractivity contribution in [1.29, 1.82) is 0 Å². The van der Waals surface area contributed by atoms with E-state index in [-0.39, 0.29) is 30.2 Å². The van der Waals surface area contributed by atoms with Crippen LogP contribution in [0, 0.1) is 0 Å². The number of piperidine rings is 1. The first-order chi connectivity index (χ1) is 17.1. The van der Waals surface area contributed by atoms with E-state index in [1.54, 1.807) is 4.90 Å². The number of likely N-dealkylation sites (tertiary alicyclic amines) is 1. The number of benzene rings is 2. The van der Waals surface area contributed by atoms with E-state index in [9.17, 15) is 14.4 Å². The summed E-state index contributed by atoms with van der Waals surface area (Å²) in [5.74, 6) is 0.570. The van der Waals surface area contributed by atoms with Crippen LogP contribution in [-0.4, -0.2) is 58.8 Å². The molecule has 3 amide bonds. The molecule has 0 bridgehead atoms. The molecule has 3 fully saturated rings. The molecule has 7 nitrogen and oxygen atoms in total. The van der Waals surface area contributed by atoms with Gasteiger partial charge in [-0.05, 0) is 73.9 Å². The second-order valence-corrected chi connectivity index (χ2v) is 10.3. The second-order valence-electron chi connectivity index (χ2n) is 10.3. The standard InChI is InChI=1S/C28H31N3O4/c32-26-12-11-24(27(33)29-26)31-17-20-15-21(9-10-22(20)28(31)34)35-25-8-4-7-23(25)30-14-13-19(16-30)18-5-2-1-3-6-18/h1-3,5-6,9-10,15,19,23-25H,4,7-8,11-14,16-17H2,(H,29,32,33)/t19-,23-,24?,25-/m0/s1. The molecule has 35 heavy (non-hydrogen) atoms. The molecule has 7 heteroatoms. The fraction of sp³-hybridized carbons (Fsp3) is 0.464. The molecule has 2 aromatic carbocycles. The number of rotatable bonds is 5. The maximum absolute atomic E-state index is 13.0. The zero-order valence-corrected chi connectivity index (χ0v) is 19.8. The number of fused-ring (bicyclic) bond motifs is 1. The SMILES string of the molecule is O=C1CCC(N2Cc3cc(O[C@H]4CCC[C@@H]4N4CC[C@H](c5ccccc5)C4)ccc3C2=O)C(=O)N1. The van der Waals surface area contributed by atoms with Crippen molar-refractivity contribution in [2.45, 2.75) is 69.2 Å². The summed E-state index contributed by atoms with van der Waals surface area (Å²) in [6.45, 7) is 2.55. The van der Waals surface area contributed by atoms with Crippen LogP contribution in [0.4, 0.5) is 0 Å². The van der Waals surface area contributed by atoms with Gasteiger partial charge in [-0.2, -0.15) is 0 Å². The van der Waals surface area contributed by atoms with Gasteiger partial charge in [0, 0.05) is 31.1 Å². The first-order valence-corrected chi connectivity index (χ1v) is 12.8. The first kappa shape index (κ1) is 22.3. The third-order valence-electron chi connectivity index (χ3n) is 8.16. The fourth-order valence-corrected chi connectivity index (χ4v) is 6.35. The molecule has 0 radical (unpaired) electrons. The molecule has 3 aliphatic heterocycles. The maximum Gasteiger partial charge on any atom is 0.255 e. The van der Waals surface area contributed by atoms with Gasteiger partial charge in [-0.25, -0.2) is 0 Å². The van der Waals surface area contributed by atoms with E-state index in [2.05, 4.69) is 40.5 Å². The molecule has 1 aliphatic carbocycles. The van der Waals surface area contributed by atoms with Crippen LogP contribution < -0.4 is 10.1 Å². The average Bonchev–Trinajstić information content (AvgIpc) is 3.59. The van der Waals surface area contributed by atoms with Crippen LogP contribution in [0.5, 0.6) is 5.75 Å². The van der Waals surface area contributed by atoms with Gasteiger partial charge < -0.3 is 9.64 Å². The molecule has 4 aliphatic rings. The van der Waals surface area contributed by atoms with Gasteiger partial charge in [0.1, 0.15) is 17.9 Å². The van der Waals surface area contributed by atoms with Crippen molar-refractivity contribution < 1.29 is 19.1 Å². The highest BCUT2D eigenvalue weighted by Gasteiger charge is 2.40. The van der Waals surface area contributed by atoms with Gasteiger partial charge in [-0.1, -0.05) is 30.3 Å². The minimum absolute atomic E-state index is 0.144. The Bertz CT molecular complexity index is 1150. The smallest absolute Gasteiger partial charge is 0.255 e. The molecule has 1 unspecified atom stereocenters. The Labute approximate surface area is 205 Å². The van der Waals surface area contributed by atoms with Crippen LogP contribution in [0.15, 0.2) is 48.5 Å². The molecule has 0 spiro atoms. The lowest BCUT2D eigenvalue weighted by Gasteiger charge is -2.30. The molecule has 0 aromatic heterocycles. The molecule has 6 rings (SSSR count). The summed E-state index contributed by atoms with van der Waals surface area (Å²) in [6.07, 6.45) is 5.31. The first-order valence-electron chi connectivity index (χ1n) is 12.8. The van der Waals surface area contributed by atoms with Crippen molar-refractivity contribution in [2.24, 2.45) is 0 Å². The summed E-state index contributed by atoms with van der Waals surface area (Å²) >= 11 is 0. The second kappa shape index (κ2) is 9.11. The highest BCUT2D eigenvalue weighted by molar-refractivity contribution is 6.05. The monoisotopic (exact) mass is 473 g/mol. The summed E-state index contributed by atoms with van der Waals surface area (Å²) in [5.41, 5.74) is 2.93. The van der Waals surface area contributed by atoms with Crippen LogP contribution >= 0.6 is 0 Å². The van der Waals surface area contributed by atoms with Crippen molar-refractivity contribution in [2.75, 3.05) is 13.1 Å². The number of ether oxygens (including phenoxy) is 1. The van der Waals surface area contributed by atoms with Gasteiger partial charge in [-0.3, -0.25) is 24.6 Å². The van der Waals surface area contributed by atoms with E-state index in [1.807, 2.05) is 18.2 Å². The van der Waals surface area contributed by atoms with Crippen molar-refractivity contribution in [3.8, 4) is 5.75 Å². The number of carbonyl (C=O) groups is 3. The molecular formula is C28H31N3O4. The number of hydrogen-bond acceptors (Lipinski definition) is 5. The lowest BCUT2D eigenvalue weighted by Crippen LogP contribution is -2.52. The Morgan fingerprint density at radius 2 is 1.80 bits per heavy atom. The van der Waals surface area contributed by atoms with E-state index in [0.717, 1.165) is 43.7 Å².